The molecular weight excluding hydrogens is 556 g/mol. The fourth-order valence-corrected chi connectivity index (χ4v) is 5.70. The third-order valence-electron chi connectivity index (χ3n) is 6.93. The van der Waals surface area contributed by atoms with Crippen LogP contribution in [0.3, 0.4) is 0 Å². The molecule has 43 heavy (non-hydrogen) atoms. The van der Waals surface area contributed by atoms with Crippen LogP contribution in [-0.4, -0.2) is 17.0 Å². The Kier molecular flexibility index (Phi) is 8.24. The Morgan fingerprint density at radius 3 is 2.16 bits per heavy atom. The molecule has 0 bridgehead atoms. The molecule has 0 radical (unpaired) electrons. The standard InChI is InChI=1S/C36H28N2O4S/c1-25-21-33(41-23-32(39)29-19-17-28(18-20-29)27-13-7-3-8-14-27)34(35(40)42-25)31-24-43-36(37-30-15-9-4-10-16-30)38(31)22-26-11-5-2-6-12-26/h2-21,24H,22-23H2,1H3. The van der Waals surface area contributed by atoms with Crippen LogP contribution >= 0.6 is 11.3 Å². The first kappa shape index (κ1) is 27.9. The molecule has 0 saturated heterocycles. The van der Waals surface area contributed by atoms with Crippen LogP contribution in [0.5, 0.6) is 5.75 Å². The molecule has 2 aromatic heterocycles. The van der Waals surface area contributed by atoms with E-state index >= 15 is 0 Å². The van der Waals surface area contributed by atoms with E-state index in [1.165, 1.54) is 11.3 Å². The molecule has 6 aromatic rings. The summed E-state index contributed by atoms with van der Waals surface area (Å²) < 4.78 is 13.6. The van der Waals surface area contributed by atoms with Crippen LogP contribution in [0.15, 0.2) is 141 Å². The van der Waals surface area contributed by atoms with Gasteiger partial charge in [-0.1, -0.05) is 103 Å². The van der Waals surface area contributed by atoms with E-state index in [9.17, 15) is 9.59 Å². The highest BCUT2D eigenvalue weighted by Crippen LogP contribution is 2.29. The van der Waals surface area contributed by atoms with Crippen LogP contribution in [0.25, 0.3) is 22.4 Å². The van der Waals surface area contributed by atoms with Crippen LogP contribution in [0.4, 0.5) is 5.69 Å². The van der Waals surface area contributed by atoms with Gasteiger partial charge < -0.3 is 13.7 Å². The minimum Gasteiger partial charge on any atom is -0.484 e. The van der Waals surface area contributed by atoms with Gasteiger partial charge in [0.2, 0.25) is 0 Å². The molecule has 0 atom stereocenters. The van der Waals surface area contributed by atoms with Crippen molar-refractivity contribution in [3.8, 4) is 28.1 Å². The lowest BCUT2D eigenvalue weighted by Crippen LogP contribution is -2.20. The van der Waals surface area contributed by atoms with Crippen LogP contribution in [0.2, 0.25) is 0 Å². The Morgan fingerprint density at radius 2 is 1.47 bits per heavy atom. The second kappa shape index (κ2) is 12.7. The first-order chi connectivity index (χ1) is 21.0. The van der Waals surface area contributed by atoms with E-state index in [1.54, 1.807) is 25.1 Å². The molecule has 0 aliphatic carbocycles. The molecule has 4 aromatic carbocycles. The van der Waals surface area contributed by atoms with Gasteiger partial charge >= 0.3 is 5.63 Å². The Labute approximate surface area is 252 Å². The highest BCUT2D eigenvalue weighted by atomic mass is 32.1. The number of aromatic nitrogens is 1. The lowest BCUT2D eigenvalue weighted by Gasteiger charge is -2.13. The van der Waals surface area contributed by atoms with Crippen molar-refractivity contribution in [3.63, 3.8) is 0 Å². The smallest absolute Gasteiger partial charge is 0.349 e. The minimum absolute atomic E-state index is 0.196. The van der Waals surface area contributed by atoms with Gasteiger partial charge in [0.25, 0.3) is 0 Å². The number of rotatable bonds is 9. The molecule has 0 saturated carbocycles. The SMILES string of the molecule is Cc1cc(OCC(=O)c2ccc(-c3ccccc3)cc2)c(-c2csc(=Nc3ccccc3)n2Cc2ccccc2)c(=O)o1. The average molecular weight is 585 g/mol. The second-order valence-electron chi connectivity index (χ2n) is 9.96. The maximum absolute atomic E-state index is 13.3. The minimum atomic E-state index is -0.541. The molecule has 0 N–H and O–H groups in total. The number of nitrogens with zero attached hydrogens (tertiary/aromatic N) is 2. The molecule has 0 aliphatic rings. The third-order valence-corrected chi connectivity index (χ3v) is 7.79. The first-order valence-electron chi connectivity index (χ1n) is 13.8. The van der Waals surface area contributed by atoms with Crippen molar-refractivity contribution in [2.45, 2.75) is 13.5 Å². The van der Waals surface area contributed by atoms with Gasteiger partial charge in [-0.3, -0.25) is 4.79 Å². The molecule has 0 spiro atoms. The summed E-state index contributed by atoms with van der Waals surface area (Å²) in [5, 5.41) is 1.88. The molecule has 212 valence electrons. The second-order valence-corrected chi connectivity index (χ2v) is 10.8. The molecule has 7 heteroatoms. The van der Waals surface area contributed by atoms with E-state index in [4.69, 9.17) is 14.1 Å². The van der Waals surface area contributed by atoms with Crippen LogP contribution in [0.1, 0.15) is 21.7 Å². The molecule has 0 amide bonds. The van der Waals surface area contributed by atoms with Gasteiger partial charge in [0.15, 0.2) is 17.2 Å². The third kappa shape index (κ3) is 6.47. The maximum Gasteiger partial charge on any atom is 0.349 e. The monoisotopic (exact) mass is 584 g/mol. The van der Waals surface area contributed by atoms with Crippen molar-refractivity contribution in [1.82, 2.24) is 4.57 Å². The summed E-state index contributed by atoms with van der Waals surface area (Å²) in [6.07, 6.45) is 0. The Balaban J connectivity index is 1.34. The van der Waals surface area contributed by atoms with Gasteiger partial charge in [-0.05, 0) is 35.7 Å². The highest BCUT2D eigenvalue weighted by molar-refractivity contribution is 7.07. The van der Waals surface area contributed by atoms with Crippen molar-refractivity contribution >= 4 is 22.8 Å². The van der Waals surface area contributed by atoms with E-state index in [-0.39, 0.29) is 23.7 Å². The van der Waals surface area contributed by atoms with E-state index in [2.05, 4.69) is 0 Å². The average Bonchev–Trinajstić information content (AvgIpc) is 3.41. The summed E-state index contributed by atoms with van der Waals surface area (Å²) in [4.78, 5) is 32.1. The zero-order chi connectivity index (χ0) is 29.6. The zero-order valence-electron chi connectivity index (χ0n) is 23.5. The van der Waals surface area contributed by atoms with Crippen molar-refractivity contribution in [1.29, 1.82) is 0 Å². The predicted octanol–water partition coefficient (Wildman–Crippen LogP) is 7.69. The highest BCUT2D eigenvalue weighted by Gasteiger charge is 2.21. The van der Waals surface area contributed by atoms with E-state index in [0.29, 0.717) is 28.4 Å². The number of hydrogen-bond acceptors (Lipinski definition) is 6. The summed E-state index contributed by atoms with van der Waals surface area (Å²) in [6, 6.07) is 38.7. The quantitative estimate of drug-likeness (QED) is 0.163. The Morgan fingerprint density at radius 1 is 0.837 bits per heavy atom. The lowest BCUT2D eigenvalue weighted by molar-refractivity contribution is 0.0921. The Bertz CT molecular complexity index is 1980. The number of ketones is 1. The zero-order valence-corrected chi connectivity index (χ0v) is 24.3. The number of para-hydroxylation sites is 1. The molecule has 2 heterocycles. The first-order valence-corrected chi connectivity index (χ1v) is 14.7. The predicted molar refractivity (Wildman–Crippen MR) is 170 cm³/mol. The number of carbonyl (C=O) groups is 1. The van der Waals surface area contributed by atoms with Crippen molar-refractivity contribution in [3.05, 3.63) is 159 Å². The number of benzene rings is 4. The summed E-state index contributed by atoms with van der Waals surface area (Å²) in [7, 11) is 0. The van der Waals surface area contributed by atoms with E-state index in [0.717, 1.165) is 22.4 Å². The van der Waals surface area contributed by atoms with Gasteiger partial charge in [0.1, 0.15) is 17.1 Å². The fraction of sp³-hybridized carbons (Fsp3) is 0.0833. The lowest BCUT2D eigenvalue weighted by atomic mass is 10.0. The van der Waals surface area contributed by atoms with Gasteiger partial charge in [0.05, 0.1) is 17.9 Å². The summed E-state index contributed by atoms with van der Waals surface area (Å²) >= 11 is 1.42. The molecule has 6 rings (SSSR count). The largest absolute Gasteiger partial charge is 0.484 e. The summed E-state index contributed by atoms with van der Waals surface area (Å²) in [5.41, 5.74) is 4.78. The number of thiazole rings is 1. The topological polar surface area (TPSA) is 73.8 Å². The van der Waals surface area contributed by atoms with Crippen LogP contribution in [0, 0.1) is 6.92 Å². The number of carbonyl (C=O) groups excluding carboxylic acids is 1. The summed E-state index contributed by atoms with van der Waals surface area (Å²) in [5.74, 6) is 0.482. The number of Topliss-reactive ketones (excluding diaryl/α,β-unsaturated/α-hetero) is 1. The van der Waals surface area contributed by atoms with Gasteiger partial charge in [-0.25, -0.2) is 9.79 Å². The van der Waals surface area contributed by atoms with E-state index < -0.39 is 5.63 Å². The molecule has 0 unspecified atom stereocenters. The van der Waals surface area contributed by atoms with Crippen LogP contribution in [-0.2, 0) is 6.54 Å². The summed E-state index contributed by atoms with van der Waals surface area (Å²) in [6.45, 7) is 1.93. The molecule has 0 aliphatic heterocycles. The number of hydrogen-bond donors (Lipinski definition) is 0. The molecule has 0 fully saturated rings. The van der Waals surface area contributed by atoms with E-state index in [1.807, 2.05) is 113 Å². The number of aryl methyl sites for hydroxylation is 1. The molecular formula is C36H28N2O4S. The van der Waals surface area contributed by atoms with Crippen molar-refractivity contribution in [2.75, 3.05) is 6.61 Å². The van der Waals surface area contributed by atoms with Crippen LogP contribution < -0.4 is 15.2 Å². The Hall–Kier alpha value is -5.27. The normalized spacial score (nSPS) is 11.4. The fourth-order valence-electron chi connectivity index (χ4n) is 4.79. The number of ether oxygens (including phenoxy) is 1. The van der Waals surface area contributed by atoms with Crippen molar-refractivity contribution < 1.29 is 13.9 Å². The maximum atomic E-state index is 13.3. The van der Waals surface area contributed by atoms with Crippen molar-refractivity contribution in [2.24, 2.45) is 4.99 Å². The van der Waals surface area contributed by atoms with Gasteiger partial charge in [-0.2, -0.15) is 0 Å². The van der Waals surface area contributed by atoms with Gasteiger partial charge in [-0.15, -0.1) is 11.3 Å². The molecule has 6 nitrogen and oxygen atoms in total. The van der Waals surface area contributed by atoms with Gasteiger partial charge in [0, 0.05) is 17.0 Å².